The molecule has 2 aromatic rings. The number of carbonyl (C=O) groups excluding carboxylic acids is 3. The van der Waals surface area contributed by atoms with Crippen LogP contribution in [0.1, 0.15) is 16.1 Å². The van der Waals surface area contributed by atoms with Crippen LogP contribution < -0.4 is 5.32 Å². The fourth-order valence-electron chi connectivity index (χ4n) is 2.93. The summed E-state index contributed by atoms with van der Waals surface area (Å²) in [4.78, 5) is 39.9. The zero-order chi connectivity index (χ0) is 19.6. The number of nitrogens with one attached hydrogen (secondary N) is 1. The van der Waals surface area contributed by atoms with Crippen molar-refractivity contribution in [3.05, 3.63) is 47.4 Å². The Balaban J connectivity index is 1.55. The number of piperazine rings is 1. The van der Waals surface area contributed by atoms with E-state index in [0.29, 0.717) is 24.5 Å². The monoisotopic (exact) mass is 373 g/mol. The average molecular weight is 373 g/mol. The van der Waals surface area contributed by atoms with Crippen molar-refractivity contribution in [1.82, 2.24) is 19.6 Å². The van der Waals surface area contributed by atoms with Crippen molar-refractivity contribution in [2.45, 2.75) is 6.92 Å². The molecule has 1 N–H and O–H groups in total. The van der Waals surface area contributed by atoms with E-state index in [1.165, 1.54) is 33.8 Å². The standard InChI is InChI=1S/C18H20FN5O3/c1-12-11-15(22(2)21-12)20-16(25)18(27)24-9-7-23(8-10-24)17(26)13-3-5-14(19)6-4-13/h3-6,11H,7-10H2,1-2H3,(H,20,25). The molecule has 3 rings (SSSR count). The van der Waals surface area contributed by atoms with Crippen LogP contribution in [0.4, 0.5) is 10.2 Å². The highest BCUT2D eigenvalue weighted by Gasteiger charge is 2.28. The Kier molecular flexibility index (Phi) is 5.20. The predicted octanol–water partition coefficient (Wildman–Crippen LogP) is 0.791. The van der Waals surface area contributed by atoms with E-state index in [9.17, 15) is 18.8 Å². The largest absolute Gasteiger partial charge is 0.335 e. The van der Waals surface area contributed by atoms with Gasteiger partial charge in [-0.05, 0) is 31.2 Å². The van der Waals surface area contributed by atoms with Crippen LogP contribution in [-0.4, -0.2) is 63.5 Å². The van der Waals surface area contributed by atoms with E-state index in [1.54, 1.807) is 24.9 Å². The summed E-state index contributed by atoms with van der Waals surface area (Å²) in [6, 6.07) is 7.00. The minimum atomic E-state index is -0.740. The van der Waals surface area contributed by atoms with Gasteiger partial charge in [0.05, 0.1) is 5.69 Å². The molecule has 1 aliphatic rings. The third kappa shape index (κ3) is 4.13. The van der Waals surface area contributed by atoms with Gasteiger partial charge in [0.25, 0.3) is 5.91 Å². The molecule has 3 amide bonds. The van der Waals surface area contributed by atoms with Crippen molar-refractivity contribution in [1.29, 1.82) is 0 Å². The summed E-state index contributed by atoms with van der Waals surface area (Å²) < 4.78 is 14.5. The molecular weight excluding hydrogens is 353 g/mol. The van der Waals surface area contributed by atoms with Gasteiger partial charge >= 0.3 is 11.8 Å². The Morgan fingerprint density at radius 1 is 1.04 bits per heavy atom. The first-order valence-corrected chi connectivity index (χ1v) is 8.51. The molecule has 0 unspecified atom stereocenters. The first-order valence-electron chi connectivity index (χ1n) is 8.51. The number of nitrogens with zero attached hydrogens (tertiary/aromatic N) is 4. The van der Waals surface area contributed by atoms with Gasteiger partial charge < -0.3 is 15.1 Å². The highest BCUT2D eigenvalue weighted by atomic mass is 19.1. The van der Waals surface area contributed by atoms with Crippen LogP contribution in [0.3, 0.4) is 0 Å². The lowest BCUT2D eigenvalue weighted by atomic mass is 10.1. The second kappa shape index (κ2) is 7.56. The predicted molar refractivity (Wildman–Crippen MR) is 95.5 cm³/mol. The number of hydrogen-bond donors (Lipinski definition) is 1. The molecule has 8 nitrogen and oxygen atoms in total. The number of halogens is 1. The molecule has 0 spiro atoms. The number of anilines is 1. The number of amides is 3. The smallest absolute Gasteiger partial charge is 0.315 e. The van der Waals surface area contributed by atoms with E-state index in [0.717, 1.165) is 5.69 Å². The molecule has 0 radical (unpaired) electrons. The van der Waals surface area contributed by atoms with Crippen LogP contribution in [0.25, 0.3) is 0 Å². The Morgan fingerprint density at radius 2 is 1.63 bits per heavy atom. The van der Waals surface area contributed by atoms with Crippen LogP contribution in [0.15, 0.2) is 30.3 Å². The molecule has 27 heavy (non-hydrogen) atoms. The quantitative estimate of drug-likeness (QED) is 0.789. The maximum absolute atomic E-state index is 13.0. The van der Waals surface area contributed by atoms with Gasteiger partial charge in [-0.2, -0.15) is 5.10 Å². The van der Waals surface area contributed by atoms with Gasteiger partial charge in [-0.25, -0.2) is 4.39 Å². The molecule has 2 heterocycles. The van der Waals surface area contributed by atoms with Crippen molar-refractivity contribution < 1.29 is 18.8 Å². The molecule has 0 bridgehead atoms. The van der Waals surface area contributed by atoms with Crippen molar-refractivity contribution in [2.75, 3.05) is 31.5 Å². The fraction of sp³-hybridized carbons (Fsp3) is 0.333. The zero-order valence-corrected chi connectivity index (χ0v) is 15.1. The van der Waals surface area contributed by atoms with Crippen LogP contribution in [0.2, 0.25) is 0 Å². The molecule has 0 saturated carbocycles. The van der Waals surface area contributed by atoms with Gasteiger partial charge in [0.2, 0.25) is 0 Å². The number of carbonyl (C=O) groups is 3. The molecule has 1 aromatic heterocycles. The van der Waals surface area contributed by atoms with E-state index in [2.05, 4.69) is 10.4 Å². The fourth-order valence-corrected chi connectivity index (χ4v) is 2.93. The third-order valence-corrected chi connectivity index (χ3v) is 4.38. The number of rotatable bonds is 2. The summed E-state index contributed by atoms with van der Waals surface area (Å²) in [6.07, 6.45) is 0. The van der Waals surface area contributed by atoms with Crippen molar-refractivity contribution in [3.63, 3.8) is 0 Å². The summed E-state index contributed by atoms with van der Waals surface area (Å²) >= 11 is 0. The van der Waals surface area contributed by atoms with Gasteiger partial charge in [-0.15, -0.1) is 0 Å². The topological polar surface area (TPSA) is 87.5 Å². The van der Waals surface area contributed by atoms with E-state index in [4.69, 9.17) is 0 Å². The van der Waals surface area contributed by atoms with Gasteiger partial charge in [-0.3, -0.25) is 19.1 Å². The normalized spacial score (nSPS) is 14.2. The zero-order valence-electron chi connectivity index (χ0n) is 15.1. The SMILES string of the molecule is Cc1cc(NC(=O)C(=O)N2CCN(C(=O)c3ccc(F)cc3)CC2)n(C)n1. The summed E-state index contributed by atoms with van der Waals surface area (Å²) in [5.74, 6) is -1.58. The minimum Gasteiger partial charge on any atom is -0.335 e. The van der Waals surface area contributed by atoms with Gasteiger partial charge in [0.15, 0.2) is 0 Å². The first-order chi connectivity index (χ1) is 12.8. The molecular formula is C18H20FN5O3. The van der Waals surface area contributed by atoms with Crippen molar-refractivity contribution in [3.8, 4) is 0 Å². The van der Waals surface area contributed by atoms with Crippen LogP contribution in [-0.2, 0) is 16.6 Å². The van der Waals surface area contributed by atoms with E-state index >= 15 is 0 Å². The minimum absolute atomic E-state index is 0.225. The lowest BCUT2D eigenvalue weighted by Gasteiger charge is -2.34. The average Bonchev–Trinajstić information content (AvgIpc) is 2.98. The molecule has 0 atom stereocenters. The maximum atomic E-state index is 13.0. The third-order valence-electron chi connectivity index (χ3n) is 4.38. The van der Waals surface area contributed by atoms with Gasteiger partial charge in [0.1, 0.15) is 11.6 Å². The van der Waals surface area contributed by atoms with E-state index in [1.807, 2.05) is 0 Å². The lowest BCUT2D eigenvalue weighted by molar-refractivity contribution is -0.144. The van der Waals surface area contributed by atoms with E-state index < -0.39 is 17.6 Å². The summed E-state index contributed by atoms with van der Waals surface area (Å²) in [6.45, 7) is 2.90. The summed E-state index contributed by atoms with van der Waals surface area (Å²) in [5, 5.41) is 6.66. The van der Waals surface area contributed by atoms with Crippen LogP contribution in [0, 0.1) is 12.7 Å². The highest BCUT2D eigenvalue weighted by Crippen LogP contribution is 2.12. The second-order valence-electron chi connectivity index (χ2n) is 6.34. The van der Waals surface area contributed by atoms with Crippen LogP contribution >= 0.6 is 0 Å². The Bertz CT molecular complexity index is 870. The Hall–Kier alpha value is -3.23. The molecule has 9 heteroatoms. The number of benzene rings is 1. The lowest BCUT2D eigenvalue weighted by Crippen LogP contribution is -2.53. The molecule has 0 aliphatic carbocycles. The van der Waals surface area contributed by atoms with Crippen molar-refractivity contribution in [2.24, 2.45) is 7.05 Å². The molecule has 1 saturated heterocycles. The van der Waals surface area contributed by atoms with Gasteiger partial charge in [0, 0.05) is 44.9 Å². The molecule has 142 valence electrons. The van der Waals surface area contributed by atoms with E-state index in [-0.39, 0.29) is 19.0 Å². The Morgan fingerprint density at radius 3 is 2.19 bits per heavy atom. The maximum Gasteiger partial charge on any atom is 0.315 e. The first kappa shape index (κ1) is 18.6. The number of aromatic nitrogens is 2. The molecule has 1 aromatic carbocycles. The Labute approximate surface area is 155 Å². The number of aryl methyl sites for hydroxylation is 2. The van der Waals surface area contributed by atoms with Gasteiger partial charge in [-0.1, -0.05) is 0 Å². The van der Waals surface area contributed by atoms with Crippen molar-refractivity contribution >= 4 is 23.5 Å². The molecule has 1 fully saturated rings. The molecule has 1 aliphatic heterocycles. The second-order valence-corrected chi connectivity index (χ2v) is 6.34. The summed E-state index contributed by atoms with van der Waals surface area (Å²) in [5.41, 5.74) is 1.12. The number of hydrogen-bond acceptors (Lipinski definition) is 4. The highest BCUT2D eigenvalue weighted by molar-refractivity contribution is 6.39. The summed E-state index contributed by atoms with van der Waals surface area (Å²) in [7, 11) is 1.67. The van der Waals surface area contributed by atoms with Crippen LogP contribution in [0.5, 0.6) is 0 Å².